The van der Waals surface area contributed by atoms with Crippen molar-refractivity contribution in [2.24, 2.45) is 0 Å². The fraction of sp³-hybridized carbons (Fsp3) is 0.222. The summed E-state index contributed by atoms with van der Waals surface area (Å²) < 4.78 is 18.7. The molecule has 2 amide bonds. The molecule has 1 unspecified atom stereocenters. The Kier molecular flexibility index (Phi) is 5.89. The summed E-state index contributed by atoms with van der Waals surface area (Å²) in [5.74, 6) is -0.480. The Labute approximate surface area is 139 Å². The minimum Gasteiger partial charge on any atom is -0.497 e. The van der Waals surface area contributed by atoms with Crippen molar-refractivity contribution in [1.82, 2.24) is 5.32 Å². The van der Waals surface area contributed by atoms with Gasteiger partial charge in [0.2, 0.25) is 11.8 Å². The first-order valence-electron chi connectivity index (χ1n) is 7.45. The van der Waals surface area contributed by atoms with E-state index in [4.69, 9.17) is 4.74 Å². The molecular formula is C18H19FN2O3. The lowest BCUT2D eigenvalue weighted by Crippen LogP contribution is -2.29. The van der Waals surface area contributed by atoms with Crippen molar-refractivity contribution >= 4 is 17.5 Å². The number of halogens is 1. The average molecular weight is 330 g/mol. The third kappa shape index (κ3) is 4.81. The molecule has 0 heterocycles. The number of methoxy groups -OCH3 is 1. The van der Waals surface area contributed by atoms with Crippen LogP contribution in [0.1, 0.15) is 24.9 Å². The van der Waals surface area contributed by atoms with Crippen LogP contribution in [0.15, 0.2) is 48.5 Å². The number of hydrogen-bond donors (Lipinski definition) is 2. The Morgan fingerprint density at radius 2 is 1.79 bits per heavy atom. The van der Waals surface area contributed by atoms with Crippen molar-refractivity contribution < 1.29 is 18.7 Å². The van der Waals surface area contributed by atoms with Crippen LogP contribution in [-0.4, -0.2) is 18.9 Å². The maximum absolute atomic E-state index is 13.6. The highest BCUT2D eigenvalue weighted by molar-refractivity contribution is 5.91. The maximum Gasteiger partial charge on any atom is 0.226 e. The standard InChI is InChI=1S/C18H19FN2O3/c1-12(22)20-17(13-7-9-14(24-2)10-8-13)11-18(23)21-16-6-4-3-5-15(16)19/h3-10,17H,11H2,1-2H3,(H,20,22)(H,21,23). The van der Waals surface area contributed by atoms with Gasteiger partial charge in [0.15, 0.2) is 0 Å². The molecule has 0 bridgehead atoms. The number of hydrogen-bond acceptors (Lipinski definition) is 3. The Balaban J connectivity index is 2.11. The molecule has 6 heteroatoms. The predicted octanol–water partition coefficient (Wildman–Crippen LogP) is 3.04. The quantitative estimate of drug-likeness (QED) is 0.855. The van der Waals surface area contributed by atoms with Gasteiger partial charge >= 0.3 is 0 Å². The monoisotopic (exact) mass is 330 g/mol. The summed E-state index contributed by atoms with van der Waals surface area (Å²) in [5.41, 5.74) is 0.869. The summed E-state index contributed by atoms with van der Waals surface area (Å²) in [6, 6.07) is 12.5. The van der Waals surface area contributed by atoms with Crippen molar-refractivity contribution in [3.05, 3.63) is 59.9 Å². The highest BCUT2D eigenvalue weighted by atomic mass is 19.1. The minimum absolute atomic E-state index is 0.0136. The molecule has 126 valence electrons. The third-order valence-electron chi connectivity index (χ3n) is 3.43. The van der Waals surface area contributed by atoms with Gasteiger partial charge in [-0.2, -0.15) is 0 Å². The Morgan fingerprint density at radius 1 is 1.12 bits per heavy atom. The number of carbonyl (C=O) groups is 2. The van der Waals surface area contributed by atoms with E-state index in [1.54, 1.807) is 43.5 Å². The van der Waals surface area contributed by atoms with Crippen molar-refractivity contribution in [3.63, 3.8) is 0 Å². The third-order valence-corrected chi connectivity index (χ3v) is 3.43. The van der Waals surface area contributed by atoms with Crippen molar-refractivity contribution in [1.29, 1.82) is 0 Å². The number of nitrogens with one attached hydrogen (secondary N) is 2. The summed E-state index contributed by atoms with van der Waals surface area (Å²) in [4.78, 5) is 23.6. The summed E-state index contributed by atoms with van der Waals surface area (Å²) in [5, 5.41) is 5.25. The lowest BCUT2D eigenvalue weighted by atomic mass is 10.0. The second kappa shape index (κ2) is 8.10. The van der Waals surface area contributed by atoms with Gasteiger partial charge in [-0.1, -0.05) is 24.3 Å². The van der Waals surface area contributed by atoms with Crippen LogP contribution in [0.3, 0.4) is 0 Å². The number of anilines is 1. The number of ether oxygens (including phenoxy) is 1. The van der Waals surface area contributed by atoms with E-state index in [1.807, 2.05) is 0 Å². The van der Waals surface area contributed by atoms with E-state index < -0.39 is 17.8 Å². The molecule has 5 nitrogen and oxygen atoms in total. The molecule has 1 atom stereocenters. The molecule has 2 rings (SSSR count). The molecular weight excluding hydrogens is 311 g/mol. The van der Waals surface area contributed by atoms with Gasteiger partial charge in [0.25, 0.3) is 0 Å². The largest absolute Gasteiger partial charge is 0.497 e. The van der Waals surface area contributed by atoms with Crippen LogP contribution < -0.4 is 15.4 Å². The van der Waals surface area contributed by atoms with Gasteiger partial charge in [0, 0.05) is 6.92 Å². The molecule has 0 aromatic heterocycles. The average Bonchev–Trinajstić information content (AvgIpc) is 2.56. The summed E-state index contributed by atoms with van der Waals surface area (Å²) in [7, 11) is 1.56. The molecule has 0 aliphatic carbocycles. The van der Waals surface area contributed by atoms with Gasteiger partial charge in [-0.15, -0.1) is 0 Å². The molecule has 2 aromatic rings. The SMILES string of the molecule is COc1ccc(C(CC(=O)Nc2ccccc2F)NC(C)=O)cc1. The predicted molar refractivity (Wildman–Crippen MR) is 89.2 cm³/mol. The molecule has 2 N–H and O–H groups in total. The summed E-state index contributed by atoms with van der Waals surface area (Å²) in [6.07, 6.45) is -0.0136. The van der Waals surface area contributed by atoms with E-state index in [0.29, 0.717) is 5.75 Å². The fourth-order valence-corrected chi connectivity index (χ4v) is 2.28. The molecule has 0 saturated heterocycles. The van der Waals surface area contributed by atoms with Crippen molar-refractivity contribution in [2.75, 3.05) is 12.4 Å². The lowest BCUT2D eigenvalue weighted by molar-refractivity contribution is -0.120. The Bertz CT molecular complexity index is 716. The number of rotatable bonds is 6. The second-order valence-corrected chi connectivity index (χ2v) is 5.26. The van der Waals surface area contributed by atoms with Gasteiger partial charge < -0.3 is 15.4 Å². The van der Waals surface area contributed by atoms with E-state index in [-0.39, 0.29) is 18.0 Å². The van der Waals surface area contributed by atoms with E-state index >= 15 is 0 Å². The molecule has 2 aromatic carbocycles. The van der Waals surface area contributed by atoms with Crippen LogP contribution in [0.5, 0.6) is 5.75 Å². The van der Waals surface area contributed by atoms with Crippen LogP contribution in [0, 0.1) is 5.82 Å². The first-order valence-corrected chi connectivity index (χ1v) is 7.45. The zero-order chi connectivity index (χ0) is 17.5. The Hall–Kier alpha value is -2.89. The highest BCUT2D eigenvalue weighted by Crippen LogP contribution is 2.21. The van der Waals surface area contributed by atoms with Crippen LogP contribution >= 0.6 is 0 Å². The van der Waals surface area contributed by atoms with Crippen molar-refractivity contribution in [2.45, 2.75) is 19.4 Å². The summed E-state index contributed by atoms with van der Waals surface area (Å²) >= 11 is 0. The van der Waals surface area contributed by atoms with E-state index in [9.17, 15) is 14.0 Å². The zero-order valence-electron chi connectivity index (χ0n) is 13.5. The highest BCUT2D eigenvalue weighted by Gasteiger charge is 2.18. The first kappa shape index (κ1) is 17.5. The topological polar surface area (TPSA) is 67.4 Å². The van der Waals surface area contributed by atoms with Gasteiger partial charge in [-0.3, -0.25) is 9.59 Å². The first-order chi connectivity index (χ1) is 11.5. The fourth-order valence-electron chi connectivity index (χ4n) is 2.28. The molecule has 0 spiro atoms. The second-order valence-electron chi connectivity index (χ2n) is 5.26. The molecule has 0 fully saturated rings. The molecule has 0 saturated carbocycles. The van der Waals surface area contributed by atoms with Gasteiger partial charge in [-0.25, -0.2) is 4.39 Å². The van der Waals surface area contributed by atoms with Crippen LogP contribution in [0.4, 0.5) is 10.1 Å². The van der Waals surface area contributed by atoms with Gasteiger partial charge in [-0.05, 0) is 29.8 Å². The van der Waals surface area contributed by atoms with Gasteiger partial charge in [0.1, 0.15) is 11.6 Å². The smallest absolute Gasteiger partial charge is 0.226 e. The van der Waals surface area contributed by atoms with Crippen LogP contribution in [0.25, 0.3) is 0 Å². The zero-order valence-corrected chi connectivity index (χ0v) is 13.5. The van der Waals surface area contributed by atoms with Crippen LogP contribution in [-0.2, 0) is 9.59 Å². The van der Waals surface area contributed by atoms with Gasteiger partial charge in [0.05, 0.1) is 25.3 Å². The maximum atomic E-state index is 13.6. The number of benzene rings is 2. The summed E-state index contributed by atoms with van der Waals surface area (Å²) in [6.45, 7) is 1.38. The molecule has 0 radical (unpaired) electrons. The van der Waals surface area contributed by atoms with Crippen LogP contribution in [0.2, 0.25) is 0 Å². The lowest BCUT2D eigenvalue weighted by Gasteiger charge is -2.18. The molecule has 0 aliphatic rings. The molecule has 0 aliphatic heterocycles. The van der Waals surface area contributed by atoms with E-state index in [2.05, 4.69) is 10.6 Å². The normalized spacial score (nSPS) is 11.5. The number of amides is 2. The van der Waals surface area contributed by atoms with E-state index in [0.717, 1.165) is 5.56 Å². The minimum atomic E-state index is -0.514. The number of para-hydroxylation sites is 1. The van der Waals surface area contributed by atoms with E-state index in [1.165, 1.54) is 19.1 Å². The number of carbonyl (C=O) groups excluding carboxylic acids is 2. The molecule has 24 heavy (non-hydrogen) atoms. The van der Waals surface area contributed by atoms with Crippen molar-refractivity contribution in [3.8, 4) is 5.75 Å². The Morgan fingerprint density at radius 3 is 2.38 bits per heavy atom.